The van der Waals surface area contributed by atoms with Crippen LogP contribution < -0.4 is 0 Å². The molecule has 0 bridgehead atoms. The summed E-state index contributed by atoms with van der Waals surface area (Å²) in [6.45, 7) is 0. The number of carbonyl (C=O) groups is 1. The van der Waals surface area contributed by atoms with Crippen molar-refractivity contribution in [2.24, 2.45) is 0 Å². The molecule has 0 fully saturated rings. The number of aromatic carboxylic acids is 1. The highest BCUT2D eigenvalue weighted by Gasteiger charge is 2.19. The van der Waals surface area contributed by atoms with Gasteiger partial charge in [0.05, 0.1) is 10.6 Å². The van der Waals surface area contributed by atoms with Gasteiger partial charge in [0, 0.05) is 0 Å². The number of halogens is 4. The predicted molar refractivity (Wildman–Crippen MR) is 43.3 cm³/mol. The van der Waals surface area contributed by atoms with Crippen LogP contribution in [0.5, 0.6) is 0 Å². The first kappa shape index (κ1) is 10.2. The molecule has 1 N–H and O–H groups in total. The summed E-state index contributed by atoms with van der Waals surface area (Å²) in [4.78, 5) is 10.4. The lowest BCUT2D eigenvalue weighted by molar-refractivity contribution is 0.0696. The van der Waals surface area contributed by atoms with Gasteiger partial charge in [-0.3, -0.25) is 0 Å². The summed E-state index contributed by atoms with van der Waals surface area (Å²) in [5.74, 6) is -3.93. The Bertz CT molecular complexity index is 379. The molecule has 1 rings (SSSR count). The van der Waals surface area contributed by atoms with Crippen molar-refractivity contribution >= 4 is 29.2 Å². The summed E-state index contributed by atoms with van der Waals surface area (Å²) in [6.07, 6.45) is 0. The topological polar surface area (TPSA) is 37.3 Å². The average molecular weight is 227 g/mol. The highest BCUT2D eigenvalue weighted by molar-refractivity contribution is 6.36. The molecule has 0 aliphatic heterocycles. The Kier molecular flexibility index (Phi) is 2.73. The Morgan fingerprint density at radius 2 is 1.85 bits per heavy atom. The van der Waals surface area contributed by atoms with E-state index >= 15 is 0 Å². The van der Waals surface area contributed by atoms with Crippen molar-refractivity contribution < 1.29 is 18.7 Å². The van der Waals surface area contributed by atoms with E-state index in [1.54, 1.807) is 0 Å². The maximum Gasteiger partial charge on any atom is 0.337 e. The Balaban J connectivity index is 3.50. The molecule has 6 heteroatoms. The van der Waals surface area contributed by atoms with Gasteiger partial charge in [0.15, 0.2) is 5.82 Å². The van der Waals surface area contributed by atoms with Crippen LogP contribution in [-0.2, 0) is 0 Å². The Morgan fingerprint density at radius 3 is 2.31 bits per heavy atom. The van der Waals surface area contributed by atoms with Gasteiger partial charge in [-0.2, -0.15) is 0 Å². The number of hydrogen-bond donors (Lipinski definition) is 1. The van der Waals surface area contributed by atoms with Gasteiger partial charge in [-0.25, -0.2) is 13.6 Å². The Hall–Kier alpha value is -0.870. The second-order valence-corrected chi connectivity index (χ2v) is 2.91. The molecule has 1 aromatic rings. The van der Waals surface area contributed by atoms with Crippen LogP contribution in [0.1, 0.15) is 10.4 Å². The zero-order valence-electron chi connectivity index (χ0n) is 5.94. The molecule has 0 aliphatic rings. The van der Waals surface area contributed by atoms with Crippen molar-refractivity contribution in [2.45, 2.75) is 0 Å². The summed E-state index contributed by atoms with van der Waals surface area (Å²) < 4.78 is 25.5. The molecule has 0 saturated heterocycles. The largest absolute Gasteiger partial charge is 0.478 e. The Labute approximate surface area is 81.7 Å². The third-order valence-electron chi connectivity index (χ3n) is 1.33. The van der Waals surface area contributed by atoms with E-state index in [2.05, 4.69) is 0 Å². The van der Waals surface area contributed by atoms with E-state index in [1.807, 2.05) is 0 Å². The minimum absolute atomic E-state index is 0.566. The Morgan fingerprint density at radius 1 is 1.31 bits per heavy atom. The summed E-state index contributed by atoms with van der Waals surface area (Å²) >= 11 is 10.4. The van der Waals surface area contributed by atoms with Crippen LogP contribution in [-0.4, -0.2) is 11.1 Å². The number of hydrogen-bond acceptors (Lipinski definition) is 1. The van der Waals surface area contributed by atoms with E-state index < -0.39 is 33.2 Å². The highest BCUT2D eigenvalue weighted by Crippen LogP contribution is 2.28. The molecule has 0 amide bonds. The molecular weight excluding hydrogens is 225 g/mol. The van der Waals surface area contributed by atoms with E-state index in [0.717, 1.165) is 0 Å². The number of benzene rings is 1. The monoisotopic (exact) mass is 226 g/mol. The minimum Gasteiger partial charge on any atom is -0.478 e. The maximum atomic E-state index is 12.8. The van der Waals surface area contributed by atoms with Crippen molar-refractivity contribution in [3.05, 3.63) is 33.3 Å². The van der Waals surface area contributed by atoms with Gasteiger partial charge in [0.25, 0.3) is 0 Å². The van der Waals surface area contributed by atoms with Gasteiger partial charge < -0.3 is 5.11 Å². The first-order valence-corrected chi connectivity index (χ1v) is 3.77. The highest BCUT2D eigenvalue weighted by atomic mass is 35.5. The van der Waals surface area contributed by atoms with Crippen LogP contribution in [0.2, 0.25) is 10.0 Å². The van der Waals surface area contributed by atoms with Gasteiger partial charge >= 0.3 is 5.97 Å². The lowest BCUT2D eigenvalue weighted by Crippen LogP contribution is -2.01. The van der Waals surface area contributed by atoms with Gasteiger partial charge in [-0.1, -0.05) is 23.2 Å². The van der Waals surface area contributed by atoms with Gasteiger partial charge in [0.1, 0.15) is 10.8 Å². The van der Waals surface area contributed by atoms with E-state index in [1.165, 1.54) is 0 Å². The fourth-order valence-electron chi connectivity index (χ4n) is 0.728. The van der Waals surface area contributed by atoms with Crippen molar-refractivity contribution in [3.63, 3.8) is 0 Å². The smallest absolute Gasteiger partial charge is 0.337 e. The van der Waals surface area contributed by atoms with E-state index in [9.17, 15) is 13.6 Å². The van der Waals surface area contributed by atoms with Gasteiger partial charge in [0.2, 0.25) is 0 Å². The molecule has 70 valence electrons. The molecule has 0 unspecified atom stereocenters. The predicted octanol–water partition coefficient (Wildman–Crippen LogP) is 2.97. The summed E-state index contributed by atoms with van der Waals surface area (Å²) in [7, 11) is 0. The van der Waals surface area contributed by atoms with Crippen LogP contribution >= 0.6 is 23.2 Å². The van der Waals surface area contributed by atoms with Crippen LogP contribution in [0.3, 0.4) is 0 Å². The first-order valence-electron chi connectivity index (χ1n) is 3.01. The van der Waals surface area contributed by atoms with Crippen molar-refractivity contribution in [2.75, 3.05) is 0 Å². The van der Waals surface area contributed by atoms with Crippen LogP contribution in [0.25, 0.3) is 0 Å². The normalized spacial score (nSPS) is 10.2. The third-order valence-corrected chi connectivity index (χ3v) is 2.05. The number of carboxylic acid groups (broad SMARTS) is 1. The fourth-order valence-corrected chi connectivity index (χ4v) is 1.16. The molecule has 0 aromatic heterocycles. The minimum atomic E-state index is -1.51. The molecule has 0 heterocycles. The molecule has 0 atom stereocenters. The van der Waals surface area contributed by atoms with Gasteiger partial charge in [-0.05, 0) is 6.07 Å². The zero-order valence-corrected chi connectivity index (χ0v) is 7.46. The average Bonchev–Trinajstić information content (AvgIpc) is 2.07. The van der Waals surface area contributed by atoms with Crippen LogP contribution in [0, 0.1) is 11.6 Å². The van der Waals surface area contributed by atoms with E-state index in [4.69, 9.17) is 28.3 Å². The lowest BCUT2D eigenvalue weighted by atomic mass is 10.2. The maximum absolute atomic E-state index is 12.8. The van der Waals surface area contributed by atoms with Crippen molar-refractivity contribution in [1.29, 1.82) is 0 Å². The fraction of sp³-hybridized carbons (Fsp3) is 0. The van der Waals surface area contributed by atoms with E-state index in [0.29, 0.717) is 6.07 Å². The third kappa shape index (κ3) is 1.73. The SMILES string of the molecule is O=C(O)c1cc(F)c(Cl)c(F)c1Cl. The molecule has 13 heavy (non-hydrogen) atoms. The molecule has 0 saturated carbocycles. The van der Waals surface area contributed by atoms with Crippen molar-refractivity contribution in [3.8, 4) is 0 Å². The quantitative estimate of drug-likeness (QED) is 0.591. The lowest BCUT2D eigenvalue weighted by Gasteiger charge is -2.02. The molecule has 0 spiro atoms. The van der Waals surface area contributed by atoms with Crippen LogP contribution in [0.15, 0.2) is 6.07 Å². The zero-order chi connectivity index (χ0) is 10.2. The van der Waals surface area contributed by atoms with Crippen LogP contribution in [0.4, 0.5) is 8.78 Å². The number of carboxylic acids is 1. The summed E-state index contributed by atoms with van der Waals surface area (Å²) in [5.41, 5.74) is -0.652. The summed E-state index contributed by atoms with van der Waals surface area (Å²) in [5, 5.41) is 6.94. The second-order valence-electron chi connectivity index (χ2n) is 2.15. The number of rotatable bonds is 1. The summed E-state index contributed by atoms with van der Waals surface area (Å²) in [6, 6.07) is 0.566. The van der Waals surface area contributed by atoms with Crippen molar-refractivity contribution in [1.82, 2.24) is 0 Å². The molecule has 0 radical (unpaired) electrons. The van der Waals surface area contributed by atoms with Gasteiger partial charge in [-0.15, -0.1) is 0 Å². The second kappa shape index (κ2) is 3.47. The molecule has 2 nitrogen and oxygen atoms in total. The standard InChI is InChI=1S/C7H2Cl2F2O2/c8-4-2(7(12)13)1-3(10)5(9)6(4)11/h1H,(H,12,13). The molecule has 1 aromatic carbocycles. The first-order chi connectivity index (χ1) is 5.95. The van der Waals surface area contributed by atoms with E-state index in [-0.39, 0.29) is 0 Å². The molecular formula is C7H2Cl2F2O2. The molecule has 0 aliphatic carbocycles.